The first-order valence-corrected chi connectivity index (χ1v) is 6.55. The van der Waals surface area contributed by atoms with Crippen LogP contribution in [0.3, 0.4) is 0 Å². The average Bonchev–Trinajstić information content (AvgIpc) is 2.15. The van der Waals surface area contributed by atoms with Gasteiger partial charge in [0.05, 0.1) is 12.9 Å². The largest absolute Gasteiger partial charge is 0.397 e. The van der Waals surface area contributed by atoms with Crippen molar-refractivity contribution in [3.8, 4) is 0 Å². The summed E-state index contributed by atoms with van der Waals surface area (Å²) in [6, 6.07) is 7.38. The van der Waals surface area contributed by atoms with E-state index in [9.17, 15) is 21.6 Å². The number of aliphatic hydroxyl groups is 1. The van der Waals surface area contributed by atoms with Crippen LogP contribution in [0.4, 0.5) is 13.2 Å². The van der Waals surface area contributed by atoms with Gasteiger partial charge in [-0.3, -0.25) is 4.55 Å². The zero-order chi connectivity index (χ0) is 14.4. The van der Waals surface area contributed by atoms with Gasteiger partial charge in [0.25, 0.3) is 10.1 Å². The molecule has 0 saturated carbocycles. The van der Waals surface area contributed by atoms with Crippen molar-refractivity contribution in [2.24, 2.45) is 0 Å². The summed E-state index contributed by atoms with van der Waals surface area (Å²) < 4.78 is 62.6. The molecule has 1 atom stereocenters. The van der Waals surface area contributed by atoms with Gasteiger partial charge >= 0.3 is 6.18 Å². The highest BCUT2D eigenvalue weighted by atomic mass is 32.2. The Morgan fingerprint density at radius 3 is 1.89 bits per heavy atom. The van der Waals surface area contributed by atoms with E-state index < -0.39 is 28.8 Å². The second-order valence-corrected chi connectivity index (χ2v) is 4.89. The molecule has 0 aliphatic heterocycles. The first-order valence-electron chi connectivity index (χ1n) is 4.70. The number of hydrogen-bond acceptors (Lipinski definition) is 3. The van der Waals surface area contributed by atoms with Crippen LogP contribution in [0.5, 0.6) is 0 Å². The maximum absolute atomic E-state index is 12.2. The Morgan fingerprint density at radius 2 is 1.61 bits per heavy atom. The van der Waals surface area contributed by atoms with Crippen molar-refractivity contribution in [2.45, 2.75) is 12.1 Å². The number of rotatable bonds is 2. The molecule has 2 N–H and O–H groups in total. The van der Waals surface area contributed by atoms with Gasteiger partial charge in [-0.25, -0.2) is 0 Å². The Kier molecular flexibility index (Phi) is 6.30. The van der Waals surface area contributed by atoms with Crippen LogP contribution in [-0.2, 0) is 10.1 Å². The predicted octanol–water partition coefficient (Wildman–Crippen LogP) is 1.83. The Balaban J connectivity index is 0.000000494. The summed E-state index contributed by atoms with van der Waals surface area (Å²) in [7, 11) is -3.67. The van der Waals surface area contributed by atoms with Crippen LogP contribution in [0, 0.1) is 0 Å². The van der Waals surface area contributed by atoms with E-state index >= 15 is 0 Å². The first kappa shape index (κ1) is 16.9. The lowest BCUT2D eigenvalue weighted by molar-refractivity contribution is -0.158. The molecule has 4 nitrogen and oxygen atoms in total. The molecule has 0 aliphatic carbocycles. The summed E-state index contributed by atoms with van der Waals surface area (Å²) in [4.78, 5) is 0. The molecule has 0 aliphatic rings. The minimum absolute atomic E-state index is 0.0949. The number of halogens is 3. The van der Waals surface area contributed by atoms with E-state index in [1.807, 2.05) is 0 Å². The topological polar surface area (TPSA) is 74.6 Å². The third-order valence-electron chi connectivity index (χ3n) is 1.78. The fourth-order valence-electron chi connectivity index (χ4n) is 1.08. The number of hydrogen-bond donors (Lipinski definition) is 2. The smallest absolute Gasteiger partial charge is 0.395 e. The van der Waals surface area contributed by atoms with Gasteiger partial charge in [0.15, 0.2) is 0 Å². The standard InChI is InChI=1S/C9H9F3O.CH4O3S/c10-9(11,12)8(6-13)7-4-2-1-3-5-7;1-5(2,3)4/h1-5,8,13H,6H2;1H3,(H,2,3,4). The molecule has 104 valence electrons. The van der Waals surface area contributed by atoms with Crippen molar-refractivity contribution < 1.29 is 31.2 Å². The third kappa shape index (κ3) is 8.04. The Morgan fingerprint density at radius 1 is 1.22 bits per heavy atom. The zero-order valence-corrected chi connectivity index (χ0v) is 10.2. The van der Waals surface area contributed by atoms with E-state index in [4.69, 9.17) is 9.66 Å². The van der Waals surface area contributed by atoms with Crippen LogP contribution in [0.25, 0.3) is 0 Å². The molecule has 0 amide bonds. The Bertz CT molecular complexity index is 434. The van der Waals surface area contributed by atoms with Crippen molar-refractivity contribution in [3.63, 3.8) is 0 Å². The quantitative estimate of drug-likeness (QED) is 0.813. The lowest BCUT2D eigenvalue weighted by Gasteiger charge is -2.17. The summed E-state index contributed by atoms with van der Waals surface area (Å²) >= 11 is 0. The van der Waals surface area contributed by atoms with Crippen LogP contribution in [0.2, 0.25) is 0 Å². The summed E-state index contributed by atoms with van der Waals surface area (Å²) in [6.07, 6.45) is -3.66. The lowest BCUT2D eigenvalue weighted by Crippen LogP contribution is -2.23. The highest BCUT2D eigenvalue weighted by Gasteiger charge is 2.39. The average molecular weight is 286 g/mol. The van der Waals surface area contributed by atoms with Gasteiger partial charge in [0.2, 0.25) is 0 Å². The third-order valence-corrected chi connectivity index (χ3v) is 1.78. The molecular weight excluding hydrogens is 273 g/mol. The van der Waals surface area contributed by atoms with Crippen molar-refractivity contribution in [3.05, 3.63) is 35.9 Å². The fourth-order valence-corrected chi connectivity index (χ4v) is 1.08. The fraction of sp³-hybridized carbons (Fsp3) is 0.400. The summed E-state index contributed by atoms with van der Waals surface area (Å²) in [5.41, 5.74) is 0.0949. The molecule has 0 radical (unpaired) electrons. The van der Waals surface area contributed by atoms with Gasteiger partial charge in [-0.1, -0.05) is 30.3 Å². The molecule has 0 spiro atoms. The van der Waals surface area contributed by atoms with Crippen LogP contribution in [0.1, 0.15) is 11.5 Å². The van der Waals surface area contributed by atoms with E-state index in [1.165, 1.54) is 24.3 Å². The van der Waals surface area contributed by atoms with Gasteiger partial charge in [0, 0.05) is 0 Å². The van der Waals surface area contributed by atoms with Gasteiger partial charge in [-0.05, 0) is 5.56 Å². The second-order valence-electron chi connectivity index (χ2n) is 3.42. The van der Waals surface area contributed by atoms with Crippen LogP contribution in [-0.4, -0.2) is 37.1 Å². The van der Waals surface area contributed by atoms with Crippen molar-refractivity contribution in [1.82, 2.24) is 0 Å². The van der Waals surface area contributed by atoms with Crippen molar-refractivity contribution in [1.29, 1.82) is 0 Å². The second kappa shape index (κ2) is 6.72. The SMILES string of the molecule is CS(=O)(=O)O.OCC(c1ccccc1)C(F)(F)F. The van der Waals surface area contributed by atoms with E-state index in [0.29, 0.717) is 6.26 Å². The van der Waals surface area contributed by atoms with Gasteiger partial charge < -0.3 is 5.11 Å². The molecule has 0 heterocycles. The minimum atomic E-state index is -4.38. The highest BCUT2D eigenvalue weighted by molar-refractivity contribution is 7.85. The number of alkyl halides is 3. The summed E-state index contributed by atoms with van der Waals surface area (Å²) in [5.74, 6) is -1.77. The molecule has 1 rings (SSSR count). The molecule has 8 heteroatoms. The molecule has 18 heavy (non-hydrogen) atoms. The molecule has 0 saturated heterocycles. The van der Waals surface area contributed by atoms with Crippen LogP contribution < -0.4 is 0 Å². The first-order chi connectivity index (χ1) is 8.05. The molecule has 0 fully saturated rings. The van der Waals surface area contributed by atoms with Gasteiger partial charge in [-0.2, -0.15) is 21.6 Å². The van der Waals surface area contributed by atoms with E-state index in [0.717, 1.165) is 0 Å². The van der Waals surface area contributed by atoms with E-state index in [1.54, 1.807) is 6.07 Å². The summed E-state index contributed by atoms with van der Waals surface area (Å²) in [5, 5.41) is 8.60. The summed E-state index contributed by atoms with van der Waals surface area (Å²) in [6.45, 7) is -0.909. The normalized spacial score (nSPS) is 13.4. The van der Waals surface area contributed by atoms with Crippen molar-refractivity contribution >= 4 is 10.1 Å². The molecular formula is C10H13F3O4S. The maximum atomic E-state index is 12.2. The molecule has 1 aromatic carbocycles. The Hall–Kier alpha value is -1.12. The molecule has 1 aromatic rings. The number of benzene rings is 1. The number of aliphatic hydroxyl groups excluding tert-OH is 1. The van der Waals surface area contributed by atoms with E-state index in [2.05, 4.69) is 0 Å². The van der Waals surface area contributed by atoms with Gasteiger partial charge in [0.1, 0.15) is 5.92 Å². The minimum Gasteiger partial charge on any atom is -0.395 e. The van der Waals surface area contributed by atoms with E-state index in [-0.39, 0.29) is 5.56 Å². The Labute approximate surface area is 103 Å². The molecule has 0 bridgehead atoms. The van der Waals surface area contributed by atoms with Gasteiger partial charge in [-0.15, -0.1) is 0 Å². The molecule has 0 aromatic heterocycles. The highest BCUT2D eigenvalue weighted by Crippen LogP contribution is 2.33. The maximum Gasteiger partial charge on any atom is 0.397 e. The van der Waals surface area contributed by atoms with Crippen molar-refractivity contribution in [2.75, 3.05) is 12.9 Å². The monoisotopic (exact) mass is 286 g/mol. The molecule has 1 unspecified atom stereocenters. The van der Waals surface area contributed by atoms with Crippen LogP contribution in [0.15, 0.2) is 30.3 Å². The zero-order valence-electron chi connectivity index (χ0n) is 9.42. The predicted molar refractivity (Wildman–Crippen MR) is 59.8 cm³/mol. The van der Waals surface area contributed by atoms with Crippen LogP contribution >= 0.6 is 0 Å². The lowest BCUT2D eigenvalue weighted by atomic mass is 10.00.